The van der Waals surface area contributed by atoms with E-state index in [4.69, 9.17) is 9.47 Å². The molecule has 3 heteroatoms. The van der Waals surface area contributed by atoms with Gasteiger partial charge in [-0.05, 0) is 43.1 Å². The first-order valence-electron chi connectivity index (χ1n) is 8.97. The summed E-state index contributed by atoms with van der Waals surface area (Å²) in [6, 6.07) is 10.3. The third kappa shape index (κ3) is 9.51. The number of rotatable bonds is 11. The van der Waals surface area contributed by atoms with Gasteiger partial charge in [0.2, 0.25) is 0 Å². The molecule has 3 atom stereocenters. The molecule has 0 heterocycles. The molecule has 0 saturated heterocycles. The number of allylic oxidation sites excluding steroid dienone is 1. The second kappa shape index (κ2) is 11.9. The molecular weight excluding hydrogens is 300 g/mol. The van der Waals surface area contributed by atoms with Crippen LogP contribution in [0.15, 0.2) is 42.5 Å². The van der Waals surface area contributed by atoms with Crippen LogP contribution < -0.4 is 0 Å². The summed E-state index contributed by atoms with van der Waals surface area (Å²) in [7, 11) is 0. The van der Waals surface area contributed by atoms with Gasteiger partial charge in [-0.1, -0.05) is 57.2 Å². The Bertz CT molecular complexity index is 481. The Morgan fingerprint density at radius 1 is 1.08 bits per heavy atom. The third-order valence-corrected chi connectivity index (χ3v) is 3.94. The fraction of sp³-hybridized carbons (Fsp3) is 0.571. The van der Waals surface area contributed by atoms with Gasteiger partial charge in [-0.25, -0.2) is 4.79 Å². The summed E-state index contributed by atoms with van der Waals surface area (Å²) >= 11 is 0. The molecule has 0 aliphatic carbocycles. The molecule has 1 aromatic carbocycles. The molecule has 0 aliphatic rings. The van der Waals surface area contributed by atoms with E-state index in [0.29, 0.717) is 31.0 Å². The van der Waals surface area contributed by atoms with Crippen LogP contribution >= 0.6 is 0 Å². The molecule has 0 spiro atoms. The monoisotopic (exact) mass is 332 g/mol. The van der Waals surface area contributed by atoms with Crippen molar-refractivity contribution >= 4 is 5.97 Å². The first-order chi connectivity index (χ1) is 11.5. The maximum Gasteiger partial charge on any atom is 0.330 e. The van der Waals surface area contributed by atoms with Gasteiger partial charge in [0.15, 0.2) is 0 Å². The molecule has 1 aromatic rings. The molecular formula is C21H32O3. The Kier molecular flexibility index (Phi) is 10.1. The summed E-state index contributed by atoms with van der Waals surface area (Å²) in [4.78, 5) is 11.3. The highest BCUT2D eigenvalue weighted by molar-refractivity contribution is 5.81. The van der Waals surface area contributed by atoms with Crippen molar-refractivity contribution in [3.05, 3.63) is 48.0 Å². The summed E-state index contributed by atoms with van der Waals surface area (Å²) in [6.45, 7) is 10.4. The van der Waals surface area contributed by atoms with Crippen molar-refractivity contribution in [2.45, 2.75) is 47.1 Å². The molecule has 0 radical (unpaired) electrons. The molecule has 0 amide bonds. The van der Waals surface area contributed by atoms with E-state index in [2.05, 4.69) is 32.9 Å². The summed E-state index contributed by atoms with van der Waals surface area (Å²) in [5.74, 6) is 1.26. The van der Waals surface area contributed by atoms with E-state index in [1.54, 1.807) is 6.08 Å². The van der Waals surface area contributed by atoms with Crippen LogP contribution in [0.5, 0.6) is 0 Å². The van der Waals surface area contributed by atoms with Crippen molar-refractivity contribution in [3.8, 4) is 0 Å². The van der Waals surface area contributed by atoms with E-state index in [1.807, 2.05) is 31.2 Å². The van der Waals surface area contributed by atoms with Crippen molar-refractivity contribution in [2.75, 3.05) is 13.2 Å². The summed E-state index contributed by atoms with van der Waals surface area (Å²) < 4.78 is 10.7. The van der Waals surface area contributed by atoms with Crippen molar-refractivity contribution in [1.29, 1.82) is 0 Å². The predicted molar refractivity (Wildman–Crippen MR) is 98.6 cm³/mol. The predicted octanol–water partition coefficient (Wildman–Crippen LogP) is 5.01. The van der Waals surface area contributed by atoms with E-state index < -0.39 is 0 Å². The minimum atomic E-state index is -0.250. The van der Waals surface area contributed by atoms with Crippen molar-refractivity contribution < 1.29 is 14.3 Å². The van der Waals surface area contributed by atoms with Gasteiger partial charge >= 0.3 is 5.97 Å². The van der Waals surface area contributed by atoms with E-state index in [9.17, 15) is 4.79 Å². The maximum atomic E-state index is 11.3. The molecule has 0 aliphatic heterocycles. The number of ether oxygens (including phenoxy) is 2. The van der Waals surface area contributed by atoms with Crippen LogP contribution in [0, 0.1) is 17.8 Å². The van der Waals surface area contributed by atoms with Crippen LogP contribution in [0.25, 0.3) is 0 Å². The molecule has 0 unspecified atom stereocenters. The zero-order valence-electron chi connectivity index (χ0n) is 15.5. The van der Waals surface area contributed by atoms with Gasteiger partial charge in [0, 0.05) is 12.7 Å². The van der Waals surface area contributed by atoms with Crippen molar-refractivity contribution in [2.24, 2.45) is 17.8 Å². The Morgan fingerprint density at radius 2 is 1.79 bits per heavy atom. The minimum absolute atomic E-state index is 0.250. The Hall–Kier alpha value is -1.61. The quantitative estimate of drug-likeness (QED) is 0.422. The second-order valence-corrected chi connectivity index (χ2v) is 6.77. The van der Waals surface area contributed by atoms with Crippen molar-refractivity contribution in [1.82, 2.24) is 0 Å². The molecule has 134 valence electrons. The smallest absolute Gasteiger partial charge is 0.330 e. The van der Waals surface area contributed by atoms with Crippen LogP contribution in [-0.2, 0) is 20.9 Å². The zero-order chi connectivity index (χ0) is 17.8. The number of benzene rings is 1. The average molecular weight is 332 g/mol. The average Bonchev–Trinajstić information content (AvgIpc) is 2.54. The lowest BCUT2D eigenvalue weighted by Gasteiger charge is -2.19. The molecule has 3 nitrogen and oxygen atoms in total. The highest BCUT2D eigenvalue weighted by Gasteiger charge is 2.12. The SMILES string of the molecule is CCOC(=O)/C=C/[C@H](C)C[C@H](C)C[C@H](C)COCc1ccccc1. The van der Waals surface area contributed by atoms with Gasteiger partial charge in [0.1, 0.15) is 0 Å². The molecule has 0 fully saturated rings. The Labute approximate surface area is 147 Å². The fourth-order valence-electron chi connectivity index (χ4n) is 2.95. The Morgan fingerprint density at radius 3 is 2.46 bits per heavy atom. The van der Waals surface area contributed by atoms with Gasteiger partial charge in [0.25, 0.3) is 0 Å². The molecule has 0 bridgehead atoms. The normalized spacial score (nSPS) is 15.2. The van der Waals surface area contributed by atoms with Crippen LogP contribution in [-0.4, -0.2) is 19.2 Å². The van der Waals surface area contributed by atoms with E-state index >= 15 is 0 Å². The molecule has 0 aromatic heterocycles. The zero-order valence-corrected chi connectivity index (χ0v) is 15.5. The standard InChI is InChI=1S/C21H32O3/c1-5-24-21(22)12-11-17(2)13-18(3)14-19(4)15-23-16-20-9-7-6-8-10-20/h6-12,17-19H,5,13-16H2,1-4H3/b12-11+/t17-,18-,19-/m0/s1. The lowest BCUT2D eigenvalue weighted by Crippen LogP contribution is -2.12. The van der Waals surface area contributed by atoms with E-state index in [0.717, 1.165) is 19.4 Å². The highest BCUT2D eigenvalue weighted by Crippen LogP contribution is 2.21. The van der Waals surface area contributed by atoms with Gasteiger partial charge < -0.3 is 9.47 Å². The lowest BCUT2D eigenvalue weighted by atomic mass is 9.89. The van der Waals surface area contributed by atoms with E-state index in [-0.39, 0.29) is 5.97 Å². The van der Waals surface area contributed by atoms with Gasteiger partial charge in [-0.15, -0.1) is 0 Å². The first-order valence-corrected chi connectivity index (χ1v) is 8.97. The largest absolute Gasteiger partial charge is 0.463 e. The lowest BCUT2D eigenvalue weighted by molar-refractivity contribution is -0.137. The van der Waals surface area contributed by atoms with Gasteiger partial charge in [-0.3, -0.25) is 0 Å². The summed E-state index contributed by atoms with van der Waals surface area (Å²) in [6.07, 6.45) is 5.70. The van der Waals surface area contributed by atoms with Crippen LogP contribution in [0.1, 0.15) is 46.1 Å². The minimum Gasteiger partial charge on any atom is -0.463 e. The molecule has 0 N–H and O–H groups in total. The summed E-state index contributed by atoms with van der Waals surface area (Å²) in [5.41, 5.74) is 1.22. The number of hydrogen-bond donors (Lipinski definition) is 0. The van der Waals surface area contributed by atoms with Gasteiger partial charge in [-0.2, -0.15) is 0 Å². The number of carbonyl (C=O) groups is 1. The summed E-state index contributed by atoms with van der Waals surface area (Å²) in [5, 5.41) is 0. The topological polar surface area (TPSA) is 35.5 Å². The van der Waals surface area contributed by atoms with Crippen LogP contribution in [0.2, 0.25) is 0 Å². The second-order valence-electron chi connectivity index (χ2n) is 6.77. The third-order valence-electron chi connectivity index (χ3n) is 3.94. The highest BCUT2D eigenvalue weighted by atomic mass is 16.5. The fourth-order valence-corrected chi connectivity index (χ4v) is 2.95. The molecule has 1 rings (SSSR count). The first kappa shape index (κ1) is 20.4. The van der Waals surface area contributed by atoms with Crippen molar-refractivity contribution in [3.63, 3.8) is 0 Å². The van der Waals surface area contributed by atoms with E-state index in [1.165, 1.54) is 5.56 Å². The Balaban J connectivity index is 2.21. The number of hydrogen-bond acceptors (Lipinski definition) is 3. The van der Waals surface area contributed by atoms with Crippen LogP contribution in [0.3, 0.4) is 0 Å². The number of carbonyl (C=O) groups excluding carboxylic acids is 1. The molecule has 24 heavy (non-hydrogen) atoms. The number of esters is 1. The maximum absolute atomic E-state index is 11.3. The van der Waals surface area contributed by atoms with Crippen LogP contribution in [0.4, 0.5) is 0 Å². The van der Waals surface area contributed by atoms with Gasteiger partial charge in [0.05, 0.1) is 13.2 Å². The molecule has 0 saturated carbocycles.